The standard InChI is InChI=1S/C25H22N2O6/c1-12(28)32-16-9-5-14(6-10-16)27-24(29)19-17-11-18(20(19)25(27)30)23-21(17)22(26-33-23)13-3-7-15(31-2)8-4-13/h3-10,17-21,23H,11H2,1-2H3/t17-,18+,19-,20+,21+,23-/m1/s1. The minimum Gasteiger partial charge on any atom is -0.497 e. The summed E-state index contributed by atoms with van der Waals surface area (Å²) >= 11 is 0. The van der Waals surface area contributed by atoms with Crippen molar-refractivity contribution in [2.45, 2.75) is 19.4 Å². The highest BCUT2D eigenvalue weighted by Gasteiger charge is 2.70. The summed E-state index contributed by atoms with van der Waals surface area (Å²) in [5, 5.41) is 4.37. The van der Waals surface area contributed by atoms with Crippen molar-refractivity contribution >= 4 is 29.2 Å². The third-order valence-electron chi connectivity index (χ3n) is 7.43. The Labute approximate surface area is 190 Å². The average molecular weight is 446 g/mol. The van der Waals surface area contributed by atoms with Gasteiger partial charge in [-0.15, -0.1) is 0 Å². The Morgan fingerprint density at radius 2 is 1.58 bits per heavy atom. The van der Waals surface area contributed by atoms with Gasteiger partial charge in [-0.1, -0.05) is 5.16 Å². The highest BCUT2D eigenvalue weighted by molar-refractivity contribution is 6.23. The first-order valence-corrected chi connectivity index (χ1v) is 11.0. The second-order valence-electron chi connectivity index (χ2n) is 9.02. The molecular formula is C25H22N2O6. The van der Waals surface area contributed by atoms with Crippen molar-refractivity contribution in [3.05, 3.63) is 54.1 Å². The fraction of sp³-hybridized carbons (Fsp3) is 0.360. The van der Waals surface area contributed by atoms with E-state index in [-0.39, 0.29) is 47.5 Å². The highest BCUT2D eigenvalue weighted by Crippen LogP contribution is 2.62. The SMILES string of the molecule is COc1ccc(C2=NO[C@@H]3[C@H]4C[C@@H]([C@@H]23)[C@H]2C(=O)N(c3ccc(OC(C)=O)cc3)C(=O)[C@@H]42)cc1. The number of imide groups is 1. The Kier molecular flexibility index (Phi) is 4.33. The van der Waals surface area contributed by atoms with E-state index in [1.807, 2.05) is 24.3 Å². The van der Waals surface area contributed by atoms with Crippen LogP contribution in [-0.2, 0) is 19.2 Å². The molecule has 2 heterocycles. The van der Waals surface area contributed by atoms with E-state index in [4.69, 9.17) is 14.3 Å². The van der Waals surface area contributed by atoms with Gasteiger partial charge >= 0.3 is 5.97 Å². The van der Waals surface area contributed by atoms with Gasteiger partial charge in [0, 0.05) is 24.3 Å². The largest absolute Gasteiger partial charge is 0.497 e. The molecule has 8 heteroatoms. The minimum atomic E-state index is -0.428. The van der Waals surface area contributed by atoms with Crippen LogP contribution in [0.1, 0.15) is 18.9 Å². The zero-order valence-corrected chi connectivity index (χ0v) is 18.1. The van der Waals surface area contributed by atoms with Gasteiger partial charge in [0.25, 0.3) is 0 Å². The smallest absolute Gasteiger partial charge is 0.308 e. The number of esters is 1. The number of fused-ring (bicyclic) bond motifs is 8. The molecule has 2 amide bonds. The molecule has 3 fully saturated rings. The van der Waals surface area contributed by atoms with Crippen LogP contribution in [0.15, 0.2) is 53.7 Å². The number of hydrogen-bond acceptors (Lipinski definition) is 7. The Morgan fingerprint density at radius 3 is 2.21 bits per heavy atom. The van der Waals surface area contributed by atoms with E-state index in [0.717, 1.165) is 23.4 Å². The number of methoxy groups -OCH3 is 1. The van der Waals surface area contributed by atoms with Crippen LogP contribution in [0.4, 0.5) is 5.69 Å². The number of hydrogen-bond donors (Lipinski definition) is 0. The molecule has 6 atom stereocenters. The van der Waals surface area contributed by atoms with Crippen molar-refractivity contribution in [2.75, 3.05) is 12.0 Å². The van der Waals surface area contributed by atoms with Crippen molar-refractivity contribution in [3.63, 3.8) is 0 Å². The number of carbonyl (C=O) groups is 3. The van der Waals surface area contributed by atoms with Crippen LogP contribution in [0.25, 0.3) is 0 Å². The van der Waals surface area contributed by atoms with Crippen molar-refractivity contribution in [1.29, 1.82) is 0 Å². The Bertz CT molecular complexity index is 1190. The summed E-state index contributed by atoms with van der Waals surface area (Å²) < 4.78 is 10.3. The van der Waals surface area contributed by atoms with Crippen LogP contribution < -0.4 is 14.4 Å². The molecule has 0 spiro atoms. The van der Waals surface area contributed by atoms with E-state index in [2.05, 4.69) is 5.16 Å². The Morgan fingerprint density at radius 1 is 0.939 bits per heavy atom. The van der Waals surface area contributed by atoms with E-state index in [0.29, 0.717) is 11.4 Å². The van der Waals surface area contributed by atoms with Gasteiger partial charge in [-0.3, -0.25) is 19.3 Å². The summed E-state index contributed by atoms with van der Waals surface area (Å²) in [5.74, 6) is -0.444. The number of nitrogens with zero attached hydrogens (tertiary/aromatic N) is 2. The van der Waals surface area contributed by atoms with Crippen molar-refractivity contribution in [3.8, 4) is 11.5 Å². The van der Waals surface area contributed by atoms with Gasteiger partial charge in [-0.05, 0) is 60.9 Å². The summed E-state index contributed by atoms with van der Waals surface area (Å²) in [6.07, 6.45) is 0.604. The van der Waals surface area contributed by atoms with Gasteiger partial charge < -0.3 is 14.3 Å². The van der Waals surface area contributed by atoms with Crippen molar-refractivity contribution in [2.24, 2.45) is 34.7 Å². The molecule has 0 unspecified atom stereocenters. The molecule has 4 aliphatic rings. The monoisotopic (exact) mass is 446 g/mol. The maximum absolute atomic E-state index is 13.5. The number of rotatable bonds is 4. The first kappa shape index (κ1) is 20.0. The molecule has 2 aromatic rings. The number of amides is 2. The maximum atomic E-state index is 13.5. The summed E-state index contributed by atoms with van der Waals surface area (Å²) in [7, 11) is 1.62. The van der Waals surface area contributed by atoms with E-state index >= 15 is 0 Å². The third-order valence-corrected chi connectivity index (χ3v) is 7.43. The van der Waals surface area contributed by atoms with Gasteiger partial charge in [-0.25, -0.2) is 0 Å². The Balaban J connectivity index is 1.28. The first-order valence-electron chi connectivity index (χ1n) is 11.0. The molecule has 2 aromatic carbocycles. The van der Waals surface area contributed by atoms with Crippen LogP contribution in [0.3, 0.4) is 0 Å². The number of benzene rings is 2. The lowest BCUT2D eigenvalue weighted by Crippen LogP contribution is -2.41. The molecule has 8 nitrogen and oxygen atoms in total. The lowest BCUT2D eigenvalue weighted by molar-refractivity contribution is -0.132. The molecule has 0 aromatic heterocycles. The summed E-state index contributed by atoms with van der Waals surface area (Å²) in [6, 6.07) is 14.1. The topological polar surface area (TPSA) is 94.5 Å². The lowest BCUT2D eigenvalue weighted by Gasteiger charge is -2.29. The van der Waals surface area contributed by atoms with Crippen LogP contribution in [-0.4, -0.2) is 36.7 Å². The van der Waals surface area contributed by atoms with Crippen molar-refractivity contribution < 1.29 is 28.7 Å². The van der Waals surface area contributed by atoms with Crippen LogP contribution in [0.2, 0.25) is 0 Å². The summed E-state index contributed by atoms with van der Waals surface area (Å²) in [6.45, 7) is 1.32. The summed E-state index contributed by atoms with van der Waals surface area (Å²) in [4.78, 5) is 45.2. The fourth-order valence-electron chi connectivity index (χ4n) is 6.21. The van der Waals surface area contributed by atoms with Crippen LogP contribution in [0, 0.1) is 29.6 Å². The molecule has 0 radical (unpaired) electrons. The molecular weight excluding hydrogens is 424 g/mol. The molecule has 2 aliphatic carbocycles. The zero-order chi connectivity index (χ0) is 22.9. The number of oxime groups is 1. The molecule has 2 saturated carbocycles. The van der Waals surface area contributed by atoms with Gasteiger partial charge in [-0.2, -0.15) is 0 Å². The fourth-order valence-corrected chi connectivity index (χ4v) is 6.21. The molecule has 168 valence electrons. The molecule has 0 N–H and O–H groups in total. The molecule has 1 saturated heterocycles. The van der Waals surface area contributed by atoms with Gasteiger partial charge in [0.1, 0.15) is 17.6 Å². The summed E-state index contributed by atoms with van der Waals surface area (Å²) in [5.41, 5.74) is 2.28. The van der Waals surface area contributed by atoms with Crippen molar-refractivity contribution in [1.82, 2.24) is 0 Å². The maximum Gasteiger partial charge on any atom is 0.308 e. The number of ether oxygens (including phenoxy) is 2. The van der Waals surface area contributed by atoms with Gasteiger partial charge in [0.2, 0.25) is 11.8 Å². The zero-order valence-electron chi connectivity index (χ0n) is 18.1. The number of carbonyl (C=O) groups excluding carboxylic acids is 3. The lowest BCUT2D eigenvalue weighted by atomic mass is 9.71. The second kappa shape index (κ2) is 7.16. The van der Waals surface area contributed by atoms with E-state index in [1.165, 1.54) is 11.8 Å². The van der Waals surface area contributed by atoms with Gasteiger partial charge in [0.05, 0.1) is 30.3 Å². The molecule has 6 rings (SSSR count). The predicted octanol–water partition coefficient (Wildman–Crippen LogP) is 2.80. The molecule has 2 bridgehead atoms. The quantitative estimate of drug-likeness (QED) is 0.407. The third kappa shape index (κ3) is 2.83. The van der Waals surface area contributed by atoms with E-state index in [1.54, 1.807) is 31.4 Å². The van der Waals surface area contributed by atoms with E-state index < -0.39 is 5.97 Å². The first-order chi connectivity index (χ1) is 16.0. The predicted molar refractivity (Wildman–Crippen MR) is 117 cm³/mol. The normalized spacial score (nSPS) is 31.2. The second-order valence-corrected chi connectivity index (χ2v) is 9.02. The highest BCUT2D eigenvalue weighted by atomic mass is 16.6. The van der Waals surface area contributed by atoms with Crippen LogP contribution in [0.5, 0.6) is 11.5 Å². The van der Waals surface area contributed by atoms with Gasteiger partial charge in [0.15, 0.2) is 0 Å². The molecule has 33 heavy (non-hydrogen) atoms. The Hall–Kier alpha value is -3.68. The minimum absolute atomic E-state index is 0.00677. The average Bonchev–Trinajstić information content (AvgIpc) is 3.55. The molecule has 2 aliphatic heterocycles. The number of anilines is 1. The van der Waals surface area contributed by atoms with E-state index in [9.17, 15) is 14.4 Å². The van der Waals surface area contributed by atoms with Crippen LogP contribution >= 0.6 is 0 Å².